The summed E-state index contributed by atoms with van der Waals surface area (Å²) >= 11 is 14.1. The number of aliphatic imine (C=N–C) groups is 1. The van der Waals surface area contributed by atoms with Crippen LogP contribution in [0.25, 0.3) is 0 Å². The maximum atomic E-state index is 14.5. The SMILES string of the molecule is C=C(C)C1CCC2(CC1)N=C(c1cc(Cl)cc(Cl)c1)C(=O)N2C(CCC(C)(C)C)c1ccc(C(=O)NCc2nn[nH]n2)s1. The minimum atomic E-state index is -0.708. The van der Waals surface area contributed by atoms with Gasteiger partial charge in [0.1, 0.15) is 11.4 Å². The second-order valence-electron chi connectivity index (χ2n) is 12.7. The predicted octanol–water partition coefficient (Wildman–Crippen LogP) is 7.16. The number of hydrogen-bond acceptors (Lipinski definition) is 7. The van der Waals surface area contributed by atoms with Crippen LogP contribution in [0.3, 0.4) is 0 Å². The summed E-state index contributed by atoms with van der Waals surface area (Å²) < 4.78 is 0. The molecule has 0 bridgehead atoms. The molecule has 3 heterocycles. The molecule has 12 heteroatoms. The molecule has 5 rings (SSSR count). The number of rotatable bonds is 9. The first-order valence-electron chi connectivity index (χ1n) is 14.5. The van der Waals surface area contributed by atoms with Crippen LogP contribution in [0, 0.1) is 11.3 Å². The maximum absolute atomic E-state index is 14.5. The van der Waals surface area contributed by atoms with Crippen molar-refractivity contribution < 1.29 is 9.59 Å². The van der Waals surface area contributed by atoms with Gasteiger partial charge in [0.25, 0.3) is 11.8 Å². The first-order valence-corrected chi connectivity index (χ1v) is 16.1. The Morgan fingerprint density at radius 3 is 2.51 bits per heavy atom. The lowest BCUT2D eigenvalue weighted by atomic mass is 9.77. The summed E-state index contributed by atoms with van der Waals surface area (Å²) in [6.07, 6.45) is 4.84. The Bertz CT molecular complexity index is 1520. The lowest BCUT2D eigenvalue weighted by Crippen LogP contribution is -2.50. The highest BCUT2D eigenvalue weighted by Crippen LogP contribution is 2.49. The van der Waals surface area contributed by atoms with E-state index in [1.807, 2.05) is 17.0 Å². The van der Waals surface area contributed by atoms with E-state index in [1.54, 1.807) is 18.2 Å². The highest BCUT2D eigenvalue weighted by atomic mass is 35.5. The van der Waals surface area contributed by atoms with E-state index >= 15 is 0 Å². The van der Waals surface area contributed by atoms with E-state index in [0.717, 1.165) is 49.0 Å². The van der Waals surface area contributed by atoms with Crippen LogP contribution in [0.4, 0.5) is 0 Å². The largest absolute Gasteiger partial charge is 0.344 e. The normalized spacial score (nSPS) is 21.3. The average molecular weight is 643 g/mol. The summed E-state index contributed by atoms with van der Waals surface area (Å²) in [5.74, 6) is 0.425. The number of thiophene rings is 1. The van der Waals surface area contributed by atoms with Crippen molar-refractivity contribution >= 4 is 52.1 Å². The van der Waals surface area contributed by atoms with Crippen LogP contribution in [0.2, 0.25) is 10.0 Å². The zero-order valence-electron chi connectivity index (χ0n) is 24.9. The van der Waals surface area contributed by atoms with Gasteiger partial charge in [-0.3, -0.25) is 14.6 Å². The Kier molecular flexibility index (Phi) is 9.11. The van der Waals surface area contributed by atoms with Crippen LogP contribution in [0.15, 0.2) is 47.5 Å². The topological polar surface area (TPSA) is 116 Å². The quantitative estimate of drug-likeness (QED) is 0.240. The van der Waals surface area contributed by atoms with Crippen LogP contribution >= 0.6 is 34.5 Å². The first kappa shape index (κ1) is 31.3. The van der Waals surface area contributed by atoms with Gasteiger partial charge in [0.15, 0.2) is 5.82 Å². The van der Waals surface area contributed by atoms with Gasteiger partial charge in [0.2, 0.25) is 0 Å². The molecule has 43 heavy (non-hydrogen) atoms. The van der Waals surface area contributed by atoms with Crippen LogP contribution < -0.4 is 5.32 Å². The van der Waals surface area contributed by atoms with Crippen LogP contribution in [0.1, 0.15) is 98.2 Å². The molecule has 0 radical (unpaired) electrons. The van der Waals surface area contributed by atoms with Crippen molar-refractivity contribution in [3.63, 3.8) is 0 Å². The number of nitrogens with zero attached hydrogens (tertiary/aromatic N) is 5. The molecule has 9 nitrogen and oxygen atoms in total. The molecule has 2 amide bonds. The molecule has 3 aromatic rings. The smallest absolute Gasteiger partial charge is 0.275 e. The highest BCUT2D eigenvalue weighted by molar-refractivity contribution is 7.14. The molecule has 1 spiro atoms. The van der Waals surface area contributed by atoms with Gasteiger partial charge in [-0.25, -0.2) is 0 Å². The Balaban J connectivity index is 1.52. The van der Waals surface area contributed by atoms with Crippen LogP contribution in [0.5, 0.6) is 0 Å². The van der Waals surface area contributed by atoms with E-state index in [-0.39, 0.29) is 29.8 Å². The standard InChI is InChI=1S/C31H37Cl2N7O2S/c1-18(2)19-8-12-31(13-9-19)35-27(20-14-21(32)16-22(33)15-20)29(42)40(31)23(10-11-30(3,4)5)24-6-7-25(43-24)28(41)34-17-26-36-38-39-37-26/h6-7,14-16,19,23H,1,8-13,17H2,2-5H3,(H,34,41)(H,36,37,38,39). The number of aromatic amines is 1. The number of benzene rings is 1. The molecule has 1 fully saturated rings. The molecular formula is C31H37Cl2N7O2S. The molecule has 1 aliphatic carbocycles. The van der Waals surface area contributed by atoms with E-state index in [0.29, 0.717) is 37.9 Å². The van der Waals surface area contributed by atoms with Gasteiger partial charge in [-0.05, 0) is 87.1 Å². The van der Waals surface area contributed by atoms with E-state index in [9.17, 15) is 9.59 Å². The number of halogens is 2. The number of hydrogen-bond donors (Lipinski definition) is 2. The van der Waals surface area contributed by atoms with Crippen molar-refractivity contribution in [2.45, 2.75) is 84.5 Å². The van der Waals surface area contributed by atoms with Crippen molar-refractivity contribution in [3.05, 3.63) is 73.7 Å². The molecule has 1 atom stereocenters. The number of tetrazole rings is 1. The molecule has 2 N–H and O–H groups in total. The summed E-state index contributed by atoms with van der Waals surface area (Å²) in [7, 11) is 0. The third kappa shape index (κ3) is 7.02. The number of carbonyl (C=O) groups excluding carboxylic acids is 2. The van der Waals surface area contributed by atoms with Crippen molar-refractivity contribution in [2.75, 3.05) is 0 Å². The number of carbonyl (C=O) groups is 2. The van der Waals surface area contributed by atoms with Crippen LogP contribution in [-0.4, -0.2) is 48.7 Å². The van der Waals surface area contributed by atoms with E-state index in [4.69, 9.17) is 28.2 Å². The molecule has 1 saturated carbocycles. The van der Waals surface area contributed by atoms with Gasteiger partial charge >= 0.3 is 0 Å². The Labute approximate surface area is 266 Å². The summed E-state index contributed by atoms with van der Waals surface area (Å²) in [6.45, 7) is 13.0. The maximum Gasteiger partial charge on any atom is 0.275 e. The number of aromatic nitrogens is 4. The fraction of sp³-hybridized carbons (Fsp3) is 0.484. The molecule has 1 aliphatic heterocycles. The highest BCUT2D eigenvalue weighted by Gasteiger charge is 2.52. The summed E-state index contributed by atoms with van der Waals surface area (Å²) in [5, 5.41) is 17.5. The Hall–Kier alpha value is -3.08. The Morgan fingerprint density at radius 2 is 1.91 bits per heavy atom. The molecular weight excluding hydrogens is 605 g/mol. The summed E-state index contributed by atoms with van der Waals surface area (Å²) in [5.41, 5.74) is 1.50. The second kappa shape index (κ2) is 12.5. The van der Waals surface area contributed by atoms with Gasteiger partial charge in [-0.15, -0.1) is 21.5 Å². The van der Waals surface area contributed by atoms with Gasteiger partial charge < -0.3 is 10.2 Å². The average Bonchev–Trinajstić information content (AvgIpc) is 3.69. The van der Waals surface area contributed by atoms with Crippen molar-refractivity contribution in [3.8, 4) is 0 Å². The zero-order chi connectivity index (χ0) is 30.9. The lowest BCUT2D eigenvalue weighted by Gasteiger charge is -2.45. The number of allylic oxidation sites excluding steroid dienone is 1. The van der Waals surface area contributed by atoms with E-state index < -0.39 is 5.66 Å². The fourth-order valence-corrected chi connectivity index (χ4v) is 7.55. The molecule has 2 aliphatic rings. The lowest BCUT2D eigenvalue weighted by molar-refractivity contribution is -0.133. The third-order valence-electron chi connectivity index (χ3n) is 8.26. The van der Waals surface area contributed by atoms with Crippen LogP contribution in [-0.2, 0) is 11.3 Å². The van der Waals surface area contributed by atoms with Crippen molar-refractivity contribution in [2.24, 2.45) is 16.3 Å². The second-order valence-corrected chi connectivity index (χ2v) is 14.7. The minimum absolute atomic E-state index is 0.0397. The molecule has 1 unspecified atom stereocenters. The Morgan fingerprint density at radius 1 is 1.21 bits per heavy atom. The van der Waals surface area contributed by atoms with E-state index in [2.05, 4.69) is 60.2 Å². The van der Waals surface area contributed by atoms with Gasteiger partial charge in [-0.1, -0.05) is 61.3 Å². The zero-order valence-corrected chi connectivity index (χ0v) is 27.2. The number of amides is 2. The monoisotopic (exact) mass is 641 g/mol. The third-order valence-corrected chi connectivity index (χ3v) is 9.89. The number of nitrogens with one attached hydrogen (secondary N) is 2. The molecule has 228 valence electrons. The minimum Gasteiger partial charge on any atom is -0.344 e. The molecule has 1 aromatic carbocycles. The van der Waals surface area contributed by atoms with Gasteiger partial charge in [0, 0.05) is 20.5 Å². The summed E-state index contributed by atoms with van der Waals surface area (Å²) in [6, 6.07) is 8.68. The predicted molar refractivity (Wildman–Crippen MR) is 170 cm³/mol. The summed E-state index contributed by atoms with van der Waals surface area (Å²) in [4.78, 5) is 36.3. The number of H-pyrrole nitrogens is 1. The van der Waals surface area contributed by atoms with Crippen molar-refractivity contribution in [1.82, 2.24) is 30.8 Å². The van der Waals surface area contributed by atoms with E-state index in [1.165, 1.54) is 11.3 Å². The fourth-order valence-electron chi connectivity index (χ4n) is 5.97. The molecule has 2 aromatic heterocycles. The van der Waals surface area contributed by atoms with Crippen molar-refractivity contribution in [1.29, 1.82) is 0 Å². The molecule has 0 saturated heterocycles. The van der Waals surface area contributed by atoms with Gasteiger partial charge in [-0.2, -0.15) is 5.21 Å². The van der Waals surface area contributed by atoms with Gasteiger partial charge in [0.05, 0.1) is 17.5 Å². The first-order chi connectivity index (χ1) is 20.3.